The fraction of sp³-hybridized carbons (Fsp3) is 0.500. The number of hydrogen-bond donors (Lipinski definition) is 0. The van der Waals surface area contributed by atoms with Crippen molar-refractivity contribution < 1.29 is 9.53 Å². The highest BCUT2D eigenvalue weighted by atomic mass is 35.5. The molecule has 0 aliphatic carbocycles. The van der Waals surface area contributed by atoms with Gasteiger partial charge in [0.25, 0.3) is 0 Å². The van der Waals surface area contributed by atoms with Crippen LogP contribution in [0.5, 0.6) is 0 Å². The predicted molar refractivity (Wildman–Crippen MR) is 78.8 cm³/mol. The predicted octanol–water partition coefficient (Wildman–Crippen LogP) is 3.94. The molecule has 2 rings (SSSR count). The van der Waals surface area contributed by atoms with E-state index in [-0.39, 0.29) is 12.0 Å². The molecule has 1 amide bonds. The minimum absolute atomic E-state index is 0.0679. The van der Waals surface area contributed by atoms with Gasteiger partial charge in [-0.1, -0.05) is 43.1 Å². The van der Waals surface area contributed by atoms with E-state index >= 15 is 0 Å². The van der Waals surface area contributed by atoms with E-state index in [1.54, 1.807) is 24.0 Å². The van der Waals surface area contributed by atoms with Gasteiger partial charge in [-0.05, 0) is 17.7 Å². The van der Waals surface area contributed by atoms with Crippen LogP contribution in [0.1, 0.15) is 32.4 Å². The van der Waals surface area contributed by atoms with Crippen molar-refractivity contribution in [3.63, 3.8) is 0 Å². The quantitative estimate of drug-likeness (QED) is 0.786. The third-order valence-electron chi connectivity index (χ3n) is 2.83. The molecule has 1 aromatic carbocycles. The lowest BCUT2D eigenvalue weighted by atomic mass is 10.1. The third kappa shape index (κ3) is 4.37. The average Bonchev–Trinajstić information content (AvgIpc) is 2.44. The van der Waals surface area contributed by atoms with Crippen LogP contribution in [0.25, 0.3) is 0 Å². The minimum Gasteiger partial charge on any atom is -0.370 e. The van der Waals surface area contributed by atoms with Crippen molar-refractivity contribution in [3.8, 4) is 0 Å². The van der Waals surface area contributed by atoms with Gasteiger partial charge in [0, 0.05) is 13.5 Å². The molecule has 3 nitrogen and oxygen atoms in total. The maximum atomic E-state index is 11.3. The van der Waals surface area contributed by atoms with Crippen molar-refractivity contribution >= 4 is 29.1 Å². The third-order valence-corrected chi connectivity index (χ3v) is 3.57. The summed E-state index contributed by atoms with van der Waals surface area (Å²) in [6, 6.07) is 5.41. The summed E-state index contributed by atoms with van der Waals surface area (Å²) in [7, 11) is 0. The maximum absolute atomic E-state index is 11.3. The molecule has 1 atom stereocenters. The van der Waals surface area contributed by atoms with E-state index in [9.17, 15) is 4.79 Å². The molecule has 0 radical (unpaired) electrons. The van der Waals surface area contributed by atoms with Gasteiger partial charge in [0.1, 0.15) is 6.10 Å². The Morgan fingerprint density at radius 3 is 2.58 bits per heavy atom. The summed E-state index contributed by atoms with van der Waals surface area (Å²) in [5.74, 6) is 0.0679. The molecule has 0 aromatic heterocycles. The number of halogens is 2. The molecule has 19 heavy (non-hydrogen) atoms. The van der Waals surface area contributed by atoms with Gasteiger partial charge in [-0.25, -0.2) is 0 Å². The zero-order valence-corrected chi connectivity index (χ0v) is 13.0. The number of rotatable bonds is 1. The summed E-state index contributed by atoms with van der Waals surface area (Å²) in [5.41, 5.74) is 0.949. The highest BCUT2D eigenvalue weighted by molar-refractivity contribution is 6.42. The lowest BCUT2D eigenvalue weighted by molar-refractivity contribution is -0.136. The molecule has 0 bridgehead atoms. The summed E-state index contributed by atoms with van der Waals surface area (Å²) >= 11 is 11.8. The van der Waals surface area contributed by atoms with Crippen molar-refractivity contribution in [2.75, 3.05) is 19.7 Å². The summed E-state index contributed by atoms with van der Waals surface area (Å²) in [6.07, 6.45) is -0.123. The number of amides is 1. The van der Waals surface area contributed by atoms with Crippen LogP contribution in [0.15, 0.2) is 18.2 Å². The van der Waals surface area contributed by atoms with Gasteiger partial charge in [-0.3, -0.25) is 4.79 Å². The van der Waals surface area contributed by atoms with Crippen LogP contribution in [0.4, 0.5) is 0 Å². The Kier molecular flexibility index (Phi) is 6.63. The topological polar surface area (TPSA) is 29.5 Å². The van der Waals surface area contributed by atoms with Crippen molar-refractivity contribution in [1.29, 1.82) is 0 Å². The highest BCUT2D eigenvalue weighted by Crippen LogP contribution is 2.28. The van der Waals surface area contributed by atoms with E-state index in [0.29, 0.717) is 29.7 Å². The lowest BCUT2D eigenvalue weighted by Crippen LogP contribution is -2.41. The SMILES string of the molecule is CC.CC(=O)N1CCOC(c2ccc(Cl)c(Cl)c2)C1. The van der Waals surface area contributed by atoms with Gasteiger partial charge in [0.2, 0.25) is 5.91 Å². The highest BCUT2D eigenvalue weighted by Gasteiger charge is 2.23. The Labute approximate surface area is 124 Å². The molecular formula is C14H19Cl2NO2. The summed E-state index contributed by atoms with van der Waals surface area (Å²) in [6.45, 7) is 7.32. The smallest absolute Gasteiger partial charge is 0.219 e. The molecule has 1 unspecified atom stereocenters. The molecule has 0 saturated carbocycles. The Morgan fingerprint density at radius 1 is 1.32 bits per heavy atom. The summed E-state index contributed by atoms with van der Waals surface area (Å²) in [5, 5.41) is 1.03. The number of nitrogens with zero attached hydrogens (tertiary/aromatic N) is 1. The molecule has 1 heterocycles. The van der Waals surface area contributed by atoms with E-state index in [4.69, 9.17) is 27.9 Å². The van der Waals surface area contributed by atoms with Crippen LogP contribution in [0.2, 0.25) is 10.0 Å². The van der Waals surface area contributed by atoms with E-state index in [0.717, 1.165) is 5.56 Å². The molecule has 1 aliphatic heterocycles. The normalized spacial score (nSPS) is 18.6. The molecule has 106 valence electrons. The van der Waals surface area contributed by atoms with Gasteiger partial charge in [-0.2, -0.15) is 0 Å². The number of morpholine rings is 1. The van der Waals surface area contributed by atoms with E-state index in [2.05, 4.69) is 0 Å². The maximum Gasteiger partial charge on any atom is 0.219 e. The van der Waals surface area contributed by atoms with Crippen molar-refractivity contribution in [1.82, 2.24) is 4.90 Å². The number of carbonyl (C=O) groups excluding carboxylic acids is 1. The molecule has 1 aliphatic rings. The second kappa shape index (κ2) is 7.73. The largest absolute Gasteiger partial charge is 0.370 e. The first-order valence-corrected chi connectivity index (χ1v) is 7.15. The van der Waals surface area contributed by atoms with Gasteiger partial charge in [0.05, 0.1) is 23.2 Å². The minimum atomic E-state index is -0.123. The first-order valence-electron chi connectivity index (χ1n) is 6.40. The van der Waals surface area contributed by atoms with Crippen molar-refractivity contribution in [2.24, 2.45) is 0 Å². The standard InChI is InChI=1S/C12H13Cl2NO2.C2H6/c1-8(16)15-4-5-17-12(7-15)9-2-3-10(13)11(14)6-9;1-2/h2-3,6,12H,4-5,7H2,1H3;1-2H3. The second-order valence-corrected chi connectivity index (χ2v) is 4.81. The van der Waals surface area contributed by atoms with Gasteiger partial charge in [0.15, 0.2) is 0 Å². The van der Waals surface area contributed by atoms with Gasteiger partial charge < -0.3 is 9.64 Å². The van der Waals surface area contributed by atoms with Gasteiger partial charge >= 0.3 is 0 Å². The molecule has 0 N–H and O–H groups in total. The molecule has 0 spiro atoms. The van der Waals surface area contributed by atoms with Gasteiger partial charge in [-0.15, -0.1) is 0 Å². The van der Waals surface area contributed by atoms with Crippen LogP contribution >= 0.6 is 23.2 Å². The molecule has 5 heteroatoms. The lowest BCUT2D eigenvalue weighted by Gasteiger charge is -2.32. The first kappa shape index (κ1) is 16.3. The number of benzene rings is 1. The van der Waals surface area contributed by atoms with Crippen LogP contribution in [0, 0.1) is 0 Å². The number of hydrogen-bond acceptors (Lipinski definition) is 2. The van der Waals surface area contributed by atoms with E-state index < -0.39 is 0 Å². The summed E-state index contributed by atoms with van der Waals surface area (Å²) in [4.78, 5) is 13.1. The average molecular weight is 304 g/mol. The van der Waals surface area contributed by atoms with Crippen LogP contribution in [-0.4, -0.2) is 30.5 Å². The summed E-state index contributed by atoms with van der Waals surface area (Å²) < 4.78 is 5.64. The van der Waals surface area contributed by atoms with Crippen LogP contribution in [0.3, 0.4) is 0 Å². The zero-order valence-electron chi connectivity index (χ0n) is 11.5. The molecule has 1 fully saturated rings. The van der Waals surface area contributed by atoms with Crippen molar-refractivity contribution in [3.05, 3.63) is 33.8 Å². The number of ether oxygens (including phenoxy) is 1. The Balaban J connectivity index is 0.000000861. The van der Waals surface area contributed by atoms with Crippen LogP contribution < -0.4 is 0 Å². The van der Waals surface area contributed by atoms with Crippen LogP contribution in [-0.2, 0) is 9.53 Å². The van der Waals surface area contributed by atoms with Crippen molar-refractivity contribution in [2.45, 2.75) is 26.9 Å². The Hall–Kier alpha value is -0.770. The Bertz CT molecular complexity index is 437. The zero-order chi connectivity index (χ0) is 14.4. The fourth-order valence-electron chi connectivity index (χ4n) is 1.85. The van der Waals surface area contributed by atoms with E-state index in [1.807, 2.05) is 19.9 Å². The second-order valence-electron chi connectivity index (χ2n) is 4.00. The molecule has 1 aromatic rings. The monoisotopic (exact) mass is 303 g/mol. The fourth-order valence-corrected chi connectivity index (χ4v) is 2.16. The first-order chi connectivity index (χ1) is 9.08. The molecular weight excluding hydrogens is 285 g/mol. The number of carbonyl (C=O) groups is 1. The Morgan fingerprint density at radius 2 is 2.00 bits per heavy atom. The molecule has 1 saturated heterocycles. The van der Waals surface area contributed by atoms with E-state index in [1.165, 1.54) is 0 Å².